The number of benzene rings is 1. The molecule has 0 saturated heterocycles. The molecule has 0 bridgehead atoms. The van der Waals surface area contributed by atoms with Gasteiger partial charge in [0.05, 0.1) is 5.69 Å². The lowest BCUT2D eigenvalue weighted by molar-refractivity contribution is 0.568. The molecule has 2 N–H and O–H groups in total. The lowest BCUT2D eigenvalue weighted by Gasteiger charge is -2.17. The molecule has 0 amide bonds. The largest absolute Gasteiger partial charge is 0.375 e. The number of rotatable bonds is 2. The average molecular weight is 278 g/mol. The fourth-order valence-electron chi connectivity index (χ4n) is 2.08. The zero-order chi connectivity index (χ0) is 14.2. The molecule has 19 heavy (non-hydrogen) atoms. The summed E-state index contributed by atoms with van der Waals surface area (Å²) in [6.07, 6.45) is 0.753. The van der Waals surface area contributed by atoms with Gasteiger partial charge in [-0.05, 0) is 24.1 Å². The van der Waals surface area contributed by atoms with Crippen LogP contribution >= 0.6 is 11.3 Å². The molecule has 0 spiro atoms. The van der Waals surface area contributed by atoms with Crippen molar-refractivity contribution in [3.63, 3.8) is 0 Å². The van der Waals surface area contributed by atoms with E-state index in [-0.39, 0.29) is 11.2 Å². The number of aryl methyl sites for hydroxylation is 1. The maximum absolute atomic E-state index is 13.3. The number of aromatic nitrogens is 1. The van der Waals surface area contributed by atoms with Gasteiger partial charge in [0, 0.05) is 16.7 Å². The van der Waals surface area contributed by atoms with E-state index in [1.807, 2.05) is 12.1 Å². The second-order valence-corrected chi connectivity index (χ2v) is 6.95. The summed E-state index contributed by atoms with van der Waals surface area (Å²) in [6, 6.07) is 5.23. The van der Waals surface area contributed by atoms with Gasteiger partial charge < -0.3 is 5.73 Å². The lowest BCUT2D eigenvalue weighted by Crippen LogP contribution is -2.14. The van der Waals surface area contributed by atoms with Crippen molar-refractivity contribution in [3.05, 3.63) is 45.7 Å². The molecule has 2 rings (SSSR count). The van der Waals surface area contributed by atoms with E-state index >= 15 is 0 Å². The van der Waals surface area contributed by atoms with Crippen LogP contribution < -0.4 is 5.73 Å². The monoisotopic (exact) mass is 278 g/mol. The minimum Gasteiger partial charge on any atom is -0.375 e. The van der Waals surface area contributed by atoms with Gasteiger partial charge in [-0.15, -0.1) is 11.3 Å². The number of anilines is 1. The van der Waals surface area contributed by atoms with Crippen LogP contribution in [0, 0.1) is 12.7 Å². The van der Waals surface area contributed by atoms with Crippen molar-refractivity contribution in [1.82, 2.24) is 4.98 Å². The molecule has 2 nitrogen and oxygen atoms in total. The van der Waals surface area contributed by atoms with E-state index in [9.17, 15) is 4.39 Å². The molecule has 0 aliphatic carbocycles. The summed E-state index contributed by atoms with van der Waals surface area (Å²) < 4.78 is 13.3. The van der Waals surface area contributed by atoms with E-state index < -0.39 is 0 Å². The molecular weight excluding hydrogens is 259 g/mol. The van der Waals surface area contributed by atoms with Gasteiger partial charge in [-0.1, -0.05) is 32.9 Å². The van der Waals surface area contributed by atoms with E-state index in [2.05, 4.69) is 25.8 Å². The smallest absolute Gasteiger partial charge is 0.180 e. The highest BCUT2D eigenvalue weighted by Crippen LogP contribution is 2.32. The van der Waals surface area contributed by atoms with Crippen LogP contribution in [0.2, 0.25) is 0 Å². The van der Waals surface area contributed by atoms with Crippen LogP contribution in [0.1, 0.15) is 42.5 Å². The Labute approximate surface area is 117 Å². The first kappa shape index (κ1) is 14.0. The predicted octanol–water partition coefficient (Wildman–Crippen LogP) is 4.06. The number of halogens is 1. The highest BCUT2D eigenvalue weighted by Gasteiger charge is 2.22. The lowest BCUT2D eigenvalue weighted by atomic mass is 9.90. The number of nitrogen functional groups attached to an aromatic ring is 1. The van der Waals surface area contributed by atoms with Crippen molar-refractivity contribution in [1.29, 1.82) is 0 Å². The van der Waals surface area contributed by atoms with Crippen molar-refractivity contribution in [3.8, 4) is 0 Å². The van der Waals surface area contributed by atoms with Gasteiger partial charge in [0.25, 0.3) is 0 Å². The highest BCUT2D eigenvalue weighted by molar-refractivity contribution is 7.15. The van der Waals surface area contributed by atoms with Crippen LogP contribution in [0.25, 0.3) is 0 Å². The van der Waals surface area contributed by atoms with Gasteiger partial charge in [0.15, 0.2) is 5.13 Å². The first-order valence-corrected chi connectivity index (χ1v) is 7.09. The van der Waals surface area contributed by atoms with Crippen molar-refractivity contribution in [2.24, 2.45) is 0 Å². The van der Waals surface area contributed by atoms with Gasteiger partial charge in [0.2, 0.25) is 0 Å². The molecule has 0 fully saturated rings. The number of thiazole rings is 1. The Morgan fingerprint density at radius 2 is 2.00 bits per heavy atom. The fourth-order valence-corrected chi connectivity index (χ4v) is 3.15. The van der Waals surface area contributed by atoms with Crippen molar-refractivity contribution >= 4 is 16.5 Å². The Hall–Kier alpha value is -1.42. The second-order valence-electron chi connectivity index (χ2n) is 5.83. The van der Waals surface area contributed by atoms with Crippen LogP contribution in [-0.2, 0) is 11.8 Å². The molecule has 102 valence electrons. The Balaban J connectivity index is 2.35. The summed E-state index contributed by atoms with van der Waals surface area (Å²) in [5, 5.41) is 0.596. The maximum atomic E-state index is 13.3. The van der Waals surface area contributed by atoms with Gasteiger partial charge in [-0.25, -0.2) is 9.37 Å². The van der Waals surface area contributed by atoms with Crippen LogP contribution in [-0.4, -0.2) is 4.98 Å². The molecule has 0 atom stereocenters. The average Bonchev–Trinajstić information content (AvgIpc) is 2.65. The number of nitrogens with zero attached hydrogens (tertiary/aromatic N) is 1. The molecule has 1 heterocycles. The standard InChI is InChI=1S/C15H19FN2S/c1-9-7-10(5-6-11(9)16)8-12-13(15(2,3)4)18-14(17)19-12/h5-7H,8H2,1-4H3,(H2,17,18). The Kier molecular flexibility index (Phi) is 3.63. The molecule has 1 aromatic heterocycles. The van der Waals surface area contributed by atoms with Gasteiger partial charge in [0.1, 0.15) is 5.82 Å². The van der Waals surface area contributed by atoms with Crippen molar-refractivity contribution < 1.29 is 4.39 Å². The van der Waals surface area contributed by atoms with Crippen LogP contribution in [0.5, 0.6) is 0 Å². The molecule has 1 aromatic carbocycles. The first-order valence-electron chi connectivity index (χ1n) is 6.28. The fraction of sp³-hybridized carbons (Fsp3) is 0.400. The Morgan fingerprint density at radius 1 is 1.32 bits per heavy atom. The third kappa shape index (κ3) is 3.13. The molecule has 0 unspecified atom stereocenters. The van der Waals surface area contributed by atoms with Crippen molar-refractivity contribution in [2.45, 2.75) is 39.5 Å². The molecule has 4 heteroatoms. The number of nitrogens with two attached hydrogens (primary N) is 1. The molecule has 0 radical (unpaired) electrons. The zero-order valence-electron chi connectivity index (χ0n) is 11.7. The van der Waals surface area contributed by atoms with Crippen LogP contribution in [0.3, 0.4) is 0 Å². The summed E-state index contributed by atoms with van der Waals surface area (Å²) >= 11 is 1.52. The second kappa shape index (κ2) is 4.93. The highest BCUT2D eigenvalue weighted by atomic mass is 32.1. The predicted molar refractivity (Wildman–Crippen MR) is 79.2 cm³/mol. The molecule has 2 aromatic rings. The summed E-state index contributed by atoms with van der Waals surface area (Å²) in [4.78, 5) is 5.60. The summed E-state index contributed by atoms with van der Waals surface area (Å²) in [5.74, 6) is -0.163. The number of hydrogen-bond donors (Lipinski definition) is 1. The quantitative estimate of drug-likeness (QED) is 0.899. The van der Waals surface area contributed by atoms with Crippen molar-refractivity contribution in [2.75, 3.05) is 5.73 Å². The minimum absolute atomic E-state index is 0.0292. The SMILES string of the molecule is Cc1cc(Cc2sc(N)nc2C(C)(C)C)ccc1F. The van der Waals surface area contributed by atoms with Gasteiger partial charge in [-0.2, -0.15) is 0 Å². The zero-order valence-corrected chi connectivity index (χ0v) is 12.6. The first-order chi connectivity index (χ1) is 8.77. The molecule has 0 aliphatic rings. The third-order valence-corrected chi connectivity index (χ3v) is 3.90. The van der Waals surface area contributed by atoms with E-state index in [1.54, 1.807) is 6.92 Å². The van der Waals surface area contributed by atoms with E-state index in [1.165, 1.54) is 17.4 Å². The molecule has 0 saturated carbocycles. The molecular formula is C15H19FN2S. The Morgan fingerprint density at radius 3 is 2.58 bits per heavy atom. The van der Waals surface area contributed by atoms with E-state index in [4.69, 9.17) is 5.73 Å². The van der Waals surface area contributed by atoms with E-state index in [0.717, 1.165) is 22.6 Å². The summed E-state index contributed by atoms with van der Waals surface area (Å²) in [6.45, 7) is 8.16. The summed E-state index contributed by atoms with van der Waals surface area (Å²) in [7, 11) is 0. The normalized spacial score (nSPS) is 11.8. The topological polar surface area (TPSA) is 38.9 Å². The molecule has 0 aliphatic heterocycles. The summed E-state index contributed by atoms with van der Waals surface area (Å²) in [5.41, 5.74) is 8.61. The van der Waals surface area contributed by atoms with Gasteiger partial charge in [-0.3, -0.25) is 0 Å². The van der Waals surface area contributed by atoms with Crippen LogP contribution in [0.15, 0.2) is 18.2 Å². The van der Waals surface area contributed by atoms with Gasteiger partial charge >= 0.3 is 0 Å². The maximum Gasteiger partial charge on any atom is 0.180 e. The van der Waals surface area contributed by atoms with E-state index in [0.29, 0.717) is 10.7 Å². The number of hydrogen-bond acceptors (Lipinski definition) is 3. The van der Waals surface area contributed by atoms with Crippen LogP contribution in [0.4, 0.5) is 9.52 Å². The third-order valence-electron chi connectivity index (χ3n) is 3.01. The minimum atomic E-state index is -0.163. The Bertz CT molecular complexity index is 597.